The van der Waals surface area contributed by atoms with Gasteiger partial charge < -0.3 is 4.74 Å². The zero-order valence-corrected chi connectivity index (χ0v) is 11.7. The zero-order valence-electron chi connectivity index (χ0n) is 10.1. The molecule has 2 rings (SSSR count). The summed E-state index contributed by atoms with van der Waals surface area (Å²) in [6, 6.07) is 10.7. The number of carbonyl (C=O) groups excluding carboxylic acids is 1. The lowest BCUT2D eigenvalue weighted by molar-refractivity contribution is 0.103. The molecule has 0 saturated carbocycles. The van der Waals surface area contributed by atoms with Crippen LogP contribution >= 0.6 is 22.9 Å². The minimum Gasteiger partial charge on any atom is -0.490 e. The molecule has 18 heavy (non-hydrogen) atoms. The van der Waals surface area contributed by atoms with Gasteiger partial charge in [0.1, 0.15) is 5.75 Å². The molecule has 2 nitrogen and oxygen atoms in total. The number of para-hydroxylation sites is 1. The van der Waals surface area contributed by atoms with Crippen molar-refractivity contribution in [3.8, 4) is 5.75 Å². The van der Waals surface area contributed by atoms with Gasteiger partial charge >= 0.3 is 0 Å². The highest BCUT2D eigenvalue weighted by Gasteiger charge is 2.16. The second kappa shape index (κ2) is 5.55. The predicted octanol–water partition coefficient (Wildman–Crippen LogP) is 4.42. The molecule has 1 heterocycles. The predicted molar refractivity (Wildman–Crippen MR) is 75.0 cm³/mol. The van der Waals surface area contributed by atoms with Crippen LogP contribution in [0.25, 0.3) is 0 Å². The number of hydrogen-bond acceptors (Lipinski definition) is 3. The van der Waals surface area contributed by atoms with Crippen molar-refractivity contribution in [2.24, 2.45) is 0 Å². The number of thiophene rings is 1. The molecule has 0 aliphatic carbocycles. The number of carbonyl (C=O) groups is 1. The summed E-state index contributed by atoms with van der Waals surface area (Å²) in [5.74, 6) is 0.560. The summed E-state index contributed by atoms with van der Waals surface area (Å²) in [7, 11) is 0. The van der Waals surface area contributed by atoms with E-state index in [1.54, 1.807) is 18.2 Å². The molecule has 1 aromatic heterocycles. The Balaban J connectivity index is 2.35. The largest absolute Gasteiger partial charge is 0.490 e. The fourth-order valence-electron chi connectivity index (χ4n) is 1.58. The Labute approximate surface area is 115 Å². The van der Waals surface area contributed by atoms with Gasteiger partial charge in [-0.3, -0.25) is 4.79 Å². The van der Waals surface area contributed by atoms with Crippen LogP contribution in [0, 0.1) is 0 Å². The summed E-state index contributed by atoms with van der Waals surface area (Å²) in [6.07, 6.45) is 0.0332. The first-order chi connectivity index (χ1) is 8.58. The third-order valence-electron chi connectivity index (χ3n) is 2.29. The van der Waals surface area contributed by atoms with Crippen LogP contribution in [-0.2, 0) is 0 Å². The summed E-state index contributed by atoms with van der Waals surface area (Å²) in [5.41, 5.74) is 0.574. The van der Waals surface area contributed by atoms with Crippen molar-refractivity contribution >= 4 is 28.7 Å². The molecule has 0 amide bonds. The maximum Gasteiger partial charge on any atom is 0.206 e. The number of benzene rings is 1. The van der Waals surface area contributed by atoms with Crippen LogP contribution in [0.5, 0.6) is 5.75 Å². The van der Waals surface area contributed by atoms with Gasteiger partial charge in [-0.15, -0.1) is 11.3 Å². The van der Waals surface area contributed by atoms with E-state index in [2.05, 4.69) is 0 Å². The molecule has 0 N–H and O–H groups in total. The zero-order chi connectivity index (χ0) is 13.1. The molecule has 94 valence electrons. The number of ketones is 1. The smallest absolute Gasteiger partial charge is 0.206 e. The molecule has 0 saturated heterocycles. The van der Waals surface area contributed by atoms with E-state index in [0.717, 1.165) is 0 Å². The van der Waals surface area contributed by atoms with Crippen molar-refractivity contribution < 1.29 is 9.53 Å². The van der Waals surface area contributed by atoms with Crippen LogP contribution in [0.15, 0.2) is 36.4 Å². The molecule has 2 aromatic rings. The Morgan fingerprint density at radius 2 is 1.94 bits per heavy atom. The van der Waals surface area contributed by atoms with Gasteiger partial charge in [0.15, 0.2) is 0 Å². The topological polar surface area (TPSA) is 26.3 Å². The van der Waals surface area contributed by atoms with Gasteiger partial charge in [-0.25, -0.2) is 0 Å². The summed E-state index contributed by atoms with van der Waals surface area (Å²) in [5, 5.41) is 0. The van der Waals surface area contributed by atoms with Gasteiger partial charge in [0.2, 0.25) is 5.78 Å². The minimum atomic E-state index is -0.0526. The molecule has 0 fully saturated rings. The molecule has 4 heteroatoms. The molecule has 0 aliphatic rings. The molecule has 1 aromatic carbocycles. The first-order valence-corrected chi connectivity index (χ1v) is 6.83. The molecule has 0 atom stereocenters. The van der Waals surface area contributed by atoms with Crippen molar-refractivity contribution in [1.82, 2.24) is 0 Å². The standard InChI is InChI=1S/C14H13ClO2S/c1-9(2)17-11-6-4-3-5-10(11)14(16)12-7-8-13(15)18-12/h3-9H,1-2H3. The third-order valence-corrected chi connectivity index (χ3v) is 3.52. The van der Waals surface area contributed by atoms with Crippen molar-refractivity contribution in [2.75, 3.05) is 0 Å². The summed E-state index contributed by atoms with van der Waals surface area (Å²) < 4.78 is 6.26. The normalized spacial score (nSPS) is 10.7. The van der Waals surface area contributed by atoms with Crippen molar-refractivity contribution in [1.29, 1.82) is 0 Å². The van der Waals surface area contributed by atoms with Crippen LogP contribution in [0.4, 0.5) is 0 Å². The second-order valence-corrected chi connectivity index (χ2v) is 5.81. The van der Waals surface area contributed by atoms with Crippen LogP contribution in [-0.4, -0.2) is 11.9 Å². The maximum absolute atomic E-state index is 12.3. The number of hydrogen-bond donors (Lipinski definition) is 0. The monoisotopic (exact) mass is 280 g/mol. The lowest BCUT2D eigenvalue weighted by Crippen LogP contribution is -2.10. The van der Waals surface area contributed by atoms with Crippen molar-refractivity contribution in [3.63, 3.8) is 0 Å². The highest BCUT2D eigenvalue weighted by atomic mass is 35.5. The van der Waals surface area contributed by atoms with Crippen LogP contribution in [0.3, 0.4) is 0 Å². The summed E-state index contributed by atoms with van der Waals surface area (Å²) in [4.78, 5) is 13.0. The second-order valence-electron chi connectivity index (χ2n) is 4.10. The van der Waals surface area contributed by atoms with E-state index in [9.17, 15) is 4.79 Å². The maximum atomic E-state index is 12.3. The first kappa shape index (κ1) is 13.1. The molecule has 0 unspecified atom stereocenters. The Hall–Kier alpha value is -1.32. The molecule has 0 bridgehead atoms. The molecular formula is C14H13ClO2S. The fraction of sp³-hybridized carbons (Fsp3) is 0.214. The molecule has 0 aliphatic heterocycles. The number of ether oxygens (including phenoxy) is 1. The van der Waals surface area contributed by atoms with Crippen molar-refractivity contribution in [2.45, 2.75) is 20.0 Å². The molecular weight excluding hydrogens is 268 g/mol. The Morgan fingerprint density at radius 1 is 1.22 bits per heavy atom. The minimum absolute atomic E-state index is 0.0332. The van der Waals surface area contributed by atoms with Crippen molar-refractivity contribution in [3.05, 3.63) is 51.2 Å². The number of halogens is 1. The van der Waals surface area contributed by atoms with Gasteiger partial charge in [-0.2, -0.15) is 0 Å². The Bertz CT molecular complexity index is 560. The van der Waals surface area contributed by atoms with Crippen LogP contribution in [0.1, 0.15) is 29.1 Å². The van der Waals surface area contributed by atoms with Gasteiger partial charge in [-0.1, -0.05) is 23.7 Å². The van der Waals surface area contributed by atoms with Crippen LogP contribution < -0.4 is 4.74 Å². The lowest BCUT2D eigenvalue weighted by atomic mass is 10.1. The first-order valence-electron chi connectivity index (χ1n) is 5.63. The lowest BCUT2D eigenvalue weighted by Gasteiger charge is -2.12. The summed E-state index contributed by atoms with van der Waals surface area (Å²) in [6.45, 7) is 3.87. The average molecular weight is 281 g/mol. The van der Waals surface area contributed by atoms with E-state index in [-0.39, 0.29) is 11.9 Å². The highest BCUT2D eigenvalue weighted by molar-refractivity contribution is 7.18. The molecule has 0 radical (unpaired) electrons. The molecule has 0 spiro atoms. The van der Waals surface area contributed by atoms with Gasteiger partial charge in [-0.05, 0) is 38.1 Å². The highest BCUT2D eigenvalue weighted by Crippen LogP contribution is 2.28. The SMILES string of the molecule is CC(C)Oc1ccccc1C(=O)c1ccc(Cl)s1. The van der Waals surface area contributed by atoms with Gasteiger partial charge in [0.25, 0.3) is 0 Å². The Kier molecular flexibility index (Phi) is 4.04. The quantitative estimate of drug-likeness (QED) is 0.775. The number of rotatable bonds is 4. The average Bonchev–Trinajstić information content (AvgIpc) is 2.75. The van der Waals surface area contributed by atoms with E-state index in [4.69, 9.17) is 16.3 Å². The Morgan fingerprint density at radius 3 is 2.56 bits per heavy atom. The van der Waals surface area contributed by atoms with Crippen LogP contribution in [0.2, 0.25) is 4.34 Å². The summed E-state index contributed by atoms with van der Waals surface area (Å²) >= 11 is 7.13. The third kappa shape index (κ3) is 2.92. The van der Waals surface area contributed by atoms with E-state index in [1.807, 2.05) is 32.0 Å². The van der Waals surface area contributed by atoms with E-state index in [1.165, 1.54) is 11.3 Å². The van der Waals surface area contributed by atoms with Gasteiger partial charge in [0.05, 0.1) is 20.9 Å². The fourth-order valence-corrected chi connectivity index (χ4v) is 2.58. The van der Waals surface area contributed by atoms with E-state index < -0.39 is 0 Å². The van der Waals surface area contributed by atoms with Gasteiger partial charge in [0, 0.05) is 0 Å². The van der Waals surface area contributed by atoms with E-state index in [0.29, 0.717) is 20.5 Å². The van der Waals surface area contributed by atoms with E-state index >= 15 is 0 Å².